The predicted molar refractivity (Wildman–Crippen MR) is 51.7 cm³/mol. The minimum absolute atomic E-state index is 0.359. The van der Waals surface area contributed by atoms with Crippen molar-refractivity contribution in [2.24, 2.45) is 5.92 Å². The Labute approximate surface area is 77.9 Å². The summed E-state index contributed by atoms with van der Waals surface area (Å²) < 4.78 is 5.74. The molecule has 1 saturated heterocycles. The monoisotopic (exact) mass is 175 g/mol. The van der Waals surface area contributed by atoms with E-state index in [0.29, 0.717) is 12.0 Å². The second-order valence-electron chi connectivity index (χ2n) is 3.81. The van der Waals surface area contributed by atoms with E-state index in [-0.39, 0.29) is 0 Å². The number of nitrogens with one attached hydrogen (secondary N) is 1. The fourth-order valence-corrected chi connectivity index (χ4v) is 2.33. The smallest absolute Gasteiger partial charge is 0.0890 e. The molecule has 0 spiro atoms. The minimum atomic E-state index is 0.359. The maximum absolute atomic E-state index is 5.74. The van der Waals surface area contributed by atoms with Crippen molar-refractivity contribution in [1.82, 2.24) is 0 Å². The molecule has 0 bridgehead atoms. The molecule has 2 atom stereocenters. The van der Waals surface area contributed by atoms with Gasteiger partial charge in [0.25, 0.3) is 0 Å². The van der Waals surface area contributed by atoms with Crippen molar-refractivity contribution in [3.8, 4) is 0 Å². The van der Waals surface area contributed by atoms with Crippen LogP contribution in [0.3, 0.4) is 0 Å². The van der Waals surface area contributed by atoms with Crippen LogP contribution in [0.5, 0.6) is 0 Å². The summed E-state index contributed by atoms with van der Waals surface area (Å²) in [5.74, 6) is 0.690. The quantitative estimate of drug-likeness (QED) is 0.652. The number of rotatable bonds is 0. The topological polar surface area (TPSA) is 21.3 Å². The Kier molecular flexibility index (Phi) is 1.56. The highest BCUT2D eigenvalue weighted by Crippen LogP contribution is 2.41. The number of ether oxygens (including phenoxy) is 1. The summed E-state index contributed by atoms with van der Waals surface area (Å²) in [6, 6.07) is 8.46. The number of hydrogen-bond acceptors (Lipinski definition) is 2. The first-order valence-electron chi connectivity index (χ1n) is 4.89. The van der Waals surface area contributed by atoms with Crippen molar-refractivity contribution in [2.45, 2.75) is 12.5 Å². The number of benzene rings is 1. The van der Waals surface area contributed by atoms with Crippen LogP contribution in [0, 0.1) is 5.92 Å². The summed E-state index contributed by atoms with van der Waals surface area (Å²) in [5, 5.41) is 3.45. The van der Waals surface area contributed by atoms with E-state index in [1.807, 2.05) is 0 Å². The first-order valence-corrected chi connectivity index (χ1v) is 4.89. The van der Waals surface area contributed by atoms with Gasteiger partial charge < -0.3 is 10.1 Å². The third-order valence-corrected chi connectivity index (χ3v) is 3.04. The maximum Gasteiger partial charge on any atom is 0.0890 e. The number of hydrogen-bond donors (Lipinski definition) is 1. The van der Waals surface area contributed by atoms with Gasteiger partial charge in [0.1, 0.15) is 0 Å². The summed E-state index contributed by atoms with van der Waals surface area (Å²) in [4.78, 5) is 0. The second kappa shape index (κ2) is 2.74. The van der Waals surface area contributed by atoms with Crippen molar-refractivity contribution in [1.29, 1.82) is 0 Å². The summed E-state index contributed by atoms with van der Waals surface area (Å²) in [7, 11) is 0. The lowest BCUT2D eigenvalue weighted by Crippen LogP contribution is -2.24. The summed E-state index contributed by atoms with van der Waals surface area (Å²) in [5.41, 5.74) is 2.60. The van der Waals surface area contributed by atoms with Gasteiger partial charge in [-0.25, -0.2) is 0 Å². The van der Waals surface area contributed by atoms with E-state index in [0.717, 1.165) is 13.2 Å². The van der Waals surface area contributed by atoms with Gasteiger partial charge in [-0.05, 0) is 12.5 Å². The molecule has 1 N–H and O–H groups in total. The molecule has 0 radical (unpaired) electrons. The Hall–Kier alpha value is -1.02. The number of anilines is 1. The third-order valence-electron chi connectivity index (χ3n) is 3.04. The summed E-state index contributed by atoms with van der Waals surface area (Å²) >= 11 is 0. The van der Waals surface area contributed by atoms with Crippen LogP contribution in [0.2, 0.25) is 0 Å². The van der Waals surface area contributed by atoms with Gasteiger partial charge in [-0.2, -0.15) is 0 Å². The zero-order valence-electron chi connectivity index (χ0n) is 7.49. The Morgan fingerprint density at radius 3 is 3.23 bits per heavy atom. The highest BCUT2D eigenvalue weighted by molar-refractivity contribution is 5.54. The molecule has 1 fully saturated rings. The molecule has 13 heavy (non-hydrogen) atoms. The predicted octanol–water partition coefficient (Wildman–Crippen LogP) is 2.19. The molecule has 2 aliphatic rings. The zero-order chi connectivity index (χ0) is 8.67. The van der Waals surface area contributed by atoms with Crippen LogP contribution >= 0.6 is 0 Å². The van der Waals surface area contributed by atoms with Gasteiger partial charge in [0.05, 0.1) is 6.10 Å². The van der Waals surface area contributed by atoms with Gasteiger partial charge >= 0.3 is 0 Å². The molecule has 0 aromatic heterocycles. The minimum Gasteiger partial charge on any atom is -0.384 e. The normalized spacial score (nSPS) is 30.5. The van der Waals surface area contributed by atoms with Crippen molar-refractivity contribution in [3.05, 3.63) is 29.8 Å². The van der Waals surface area contributed by atoms with Gasteiger partial charge in [-0.3, -0.25) is 0 Å². The van der Waals surface area contributed by atoms with Gasteiger partial charge in [0, 0.05) is 30.3 Å². The standard InChI is InChI=1S/C11H13NO/c1-2-4-10-9(3-1)11-8(7-12-10)5-6-13-11/h1-4,8,11-12H,5-7H2. The third kappa shape index (κ3) is 1.05. The van der Waals surface area contributed by atoms with E-state index in [4.69, 9.17) is 4.74 Å². The second-order valence-corrected chi connectivity index (χ2v) is 3.81. The molecule has 2 aliphatic heterocycles. The molecule has 0 saturated carbocycles. The van der Waals surface area contributed by atoms with Gasteiger partial charge in [-0.15, -0.1) is 0 Å². The van der Waals surface area contributed by atoms with Crippen LogP contribution in [-0.4, -0.2) is 13.2 Å². The molecule has 2 heteroatoms. The Bertz CT molecular complexity index is 324. The molecule has 0 aliphatic carbocycles. The van der Waals surface area contributed by atoms with Crippen molar-refractivity contribution >= 4 is 5.69 Å². The molecule has 1 aromatic carbocycles. The van der Waals surface area contributed by atoms with Crippen molar-refractivity contribution < 1.29 is 4.74 Å². The van der Waals surface area contributed by atoms with Crippen LogP contribution < -0.4 is 5.32 Å². The molecule has 1 aromatic rings. The highest BCUT2D eigenvalue weighted by Gasteiger charge is 2.33. The molecule has 2 nitrogen and oxygen atoms in total. The van der Waals surface area contributed by atoms with Gasteiger partial charge in [0.2, 0.25) is 0 Å². The van der Waals surface area contributed by atoms with E-state index < -0.39 is 0 Å². The number of para-hydroxylation sites is 1. The van der Waals surface area contributed by atoms with E-state index in [1.54, 1.807) is 0 Å². The first-order chi connectivity index (χ1) is 6.45. The fourth-order valence-electron chi connectivity index (χ4n) is 2.33. The van der Waals surface area contributed by atoms with Crippen LogP contribution in [0.25, 0.3) is 0 Å². The summed E-state index contributed by atoms with van der Waals surface area (Å²) in [6.07, 6.45) is 1.56. The summed E-state index contributed by atoms with van der Waals surface area (Å²) in [6.45, 7) is 1.99. The molecule has 0 amide bonds. The lowest BCUT2D eigenvalue weighted by atomic mass is 9.91. The van der Waals surface area contributed by atoms with Crippen LogP contribution in [0.4, 0.5) is 5.69 Å². The first kappa shape index (κ1) is 7.39. The molecule has 2 heterocycles. The van der Waals surface area contributed by atoms with E-state index in [1.165, 1.54) is 17.7 Å². The largest absolute Gasteiger partial charge is 0.384 e. The molecule has 2 unspecified atom stereocenters. The average Bonchev–Trinajstić information content (AvgIpc) is 2.65. The van der Waals surface area contributed by atoms with Crippen LogP contribution in [0.15, 0.2) is 24.3 Å². The molecular weight excluding hydrogens is 162 g/mol. The van der Waals surface area contributed by atoms with Crippen molar-refractivity contribution in [3.63, 3.8) is 0 Å². The fraction of sp³-hybridized carbons (Fsp3) is 0.455. The lowest BCUT2D eigenvalue weighted by Gasteiger charge is -2.28. The van der Waals surface area contributed by atoms with Crippen LogP contribution in [-0.2, 0) is 4.74 Å². The van der Waals surface area contributed by atoms with Gasteiger partial charge in [0.15, 0.2) is 0 Å². The van der Waals surface area contributed by atoms with Crippen molar-refractivity contribution in [2.75, 3.05) is 18.5 Å². The molecule has 3 rings (SSSR count). The van der Waals surface area contributed by atoms with Crippen LogP contribution in [0.1, 0.15) is 18.1 Å². The Morgan fingerprint density at radius 1 is 1.31 bits per heavy atom. The van der Waals surface area contributed by atoms with Gasteiger partial charge in [-0.1, -0.05) is 18.2 Å². The van der Waals surface area contributed by atoms with E-state index >= 15 is 0 Å². The van der Waals surface area contributed by atoms with E-state index in [9.17, 15) is 0 Å². The highest BCUT2D eigenvalue weighted by atomic mass is 16.5. The maximum atomic E-state index is 5.74. The number of fused-ring (bicyclic) bond motifs is 3. The molecule has 68 valence electrons. The zero-order valence-corrected chi connectivity index (χ0v) is 7.49. The average molecular weight is 175 g/mol. The Balaban J connectivity index is 2.06. The Morgan fingerprint density at radius 2 is 2.23 bits per heavy atom. The lowest BCUT2D eigenvalue weighted by molar-refractivity contribution is 0.0912. The van der Waals surface area contributed by atoms with E-state index in [2.05, 4.69) is 29.6 Å². The SMILES string of the molecule is c1ccc2c(c1)NCC1CCOC21. The molecular formula is C11H13NO.